The topological polar surface area (TPSA) is 22.0 Å². The van der Waals surface area contributed by atoms with Crippen molar-refractivity contribution >= 4 is 21.6 Å². The van der Waals surface area contributed by atoms with Crippen LogP contribution in [0, 0.1) is 6.92 Å². The molecule has 0 atom stereocenters. The fraction of sp³-hybridized carbons (Fsp3) is 0.133. The Morgan fingerprint density at radius 3 is 2.61 bits per heavy atom. The second-order valence-corrected chi connectivity index (χ2v) is 5.34. The Hall–Kier alpha value is -1.87. The van der Waals surface area contributed by atoms with E-state index < -0.39 is 0 Å². The monoisotopic (exact) mass is 255 g/mol. The van der Waals surface area contributed by atoms with Crippen LogP contribution in [0.4, 0.5) is 0 Å². The van der Waals surface area contributed by atoms with Crippen LogP contribution in [-0.4, -0.2) is 4.57 Å². The third-order valence-corrected chi connectivity index (χ3v) is 4.12. The molecule has 3 rings (SSSR count). The predicted octanol–water partition coefficient (Wildman–Crippen LogP) is 3.42. The van der Waals surface area contributed by atoms with E-state index in [1.54, 1.807) is 0 Å². The molecular formula is C15H13NOS. The maximum Gasteiger partial charge on any atom is 0.308 e. The summed E-state index contributed by atoms with van der Waals surface area (Å²) in [5.41, 5.74) is 3.44. The summed E-state index contributed by atoms with van der Waals surface area (Å²) < 4.78 is 2.90. The SMILES string of the molecule is Cc1ccccc1Cn1c(=O)sc2ccccc21. The van der Waals surface area contributed by atoms with Crippen LogP contribution in [0.2, 0.25) is 0 Å². The summed E-state index contributed by atoms with van der Waals surface area (Å²) in [6, 6.07) is 16.1. The van der Waals surface area contributed by atoms with Crippen molar-refractivity contribution in [3.05, 3.63) is 69.3 Å². The molecule has 0 spiro atoms. The van der Waals surface area contributed by atoms with Crippen molar-refractivity contribution in [1.82, 2.24) is 4.57 Å². The molecule has 0 saturated heterocycles. The van der Waals surface area contributed by atoms with Gasteiger partial charge in [0.15, 0.2) is 0 Å². The molecule has 2 nitrogen and oxygen atoms in total. The van der Waals surface area contributed by atoms with Gasteiger partial charge in [-0.3, -0.25) is 9.36 Å². The van der Waals surface area contributed by atoms with E-state index in [-0.39, 0.29) is 4.87 Å². The van der Waals surface area contributed by atoms with E-state index in [2.05, 4.69) is 19.1 Å². The van der Waals surface area contributed by atoms with Crippen LogP contribution in [0.5, 0.6) is 0 Å². The average molecular weight is 255 g/mol. The van der Waals surface area contributed by atoms with Gasteiger partial charge in [-0.15, -0.1) is 0 Å². The number of aryl methyl sites for hydroxylation is 1. The molecule has 0 bridgehead atoms. The average Bonchev–Trinajstić information content (AvgIpc) is 2.69. The summed E-state index contributed by atoms with van der Waals surface area (Å²) in [6.07, 6.45) is 0. The molecule has 0 N–H and O–H groups in total. The Bertz CT molecular complexity index is 754. The third-order valence-electron chi connectivity index (χ3n) is 3.16. The molecule has 0 fully saturated rings. The Labute approximate surface area is 109 Å². The summed E-state index contributed by atoms with van der Waals surface area (Å²) >= 11 is 1.31. The molecule has 3 aromatic rings. The molecule has 2 aromatic carbocycles. The zero-order valence-electron chi connectivity index (χ0n) is 10.1. The minimum atomic E-state index is 0.111. The first-order valence-electron chi connectivity index (χ1n) is 5.88. The van der Waals surface area contributed by atoms with Gasteiger partial charge in [-0.2, -0.15) is 0 Å². The van der Waals surface area contributed by atoms with Crippen molar-refractivity contribution in [2.24, 2.45) is 0 Å². The van der Waals surface area contributed by atoms with E-state index in [1.807, 2.05) is 41.0 Å². The second kappa shape index (κ2) is 4.42. The fourth-order valence-corrected chi connectivity index (χ4v) is 3.01. The molecule has 0 amide bonds. The van der Waals surface area contributed by atoms with E-state index >= 15 is 0 Å². The highest BCUT2D eigenvalue weighted by atomic mass is 32.1. The first-order chi connectivity index (χ1) is 8.75. The van der Waals surface area contributed by atoms with E-state index in [4.69, 9.17) is 0 Å². The number of para-hydroxylation sites is 1. The number of hydrogen-bond donors (Lipinski definition) is 0. The number of nitrogens with zero attached hydrogens (tertiary/aromatic N) is 1. The molecule has 0 aliphatic carbocycles. The molecule has 3 heteroatoms. The molecule has 0 aliphatic heterocycles. The molecule has 0 unspecified atom stereocenters. The molecule has 18 heavy (non-hydrogen) atoms. The first kappa shape index (κ1) is 11.2. The third kappa shape index (κ3) is 1.87. The predicted molar refractivity (Wildman–Crippen MR) is 76.4 cm³/mol. The van der Waals surface area contributed by atoms with E-state index in [9.17, 15) is 4.79 Å². The second-order valence-electron chi connectivity index (χ2n) is 4.35. The molecule has 1 heterocycles. The van der Waals surface area contributed by atoms with Gasteiger partial charge in [-0.1, -0.05) is 47.7 Å². The number of aromatic nitrogens is 1. The Balaban J connectivity index is 2.13. The smallest absolute Gasteiger partial charge is 0.294 e. The first-order valence-corrected chi connectivity index (χ1v) is 6.70. The lowest BCUT2D eigenvalue weighted by Crippen LogP contribution is -2.14. The highest BCUT2D eigenvalue weighted by Crippen LogP contribution is 2.18. The van der Waals surface area contributed by atoms with E-state index in [0.29, 0.717) is 6.54 Å². The maximum absolute atomic E-state index is 12.0. The lowest BCUT2D eigenvalue weighted by atomic mass is 10.1. The molecule has 0 radical (unpaired) electrons. The summed E-state index contributed by atoms with van der Waals surface area (Å²) in [6.45, 7) is 2.73. The summed E-state index contributed by atoms with van der Waals surface area (Å²) in [5, 5.41) is 0. The van der Waals surface area contributed by atoms with E-state index in [0.717, 1.165) is 10.2 Å². The zero-order valence-corrected chi connectivity index (χ0v) is 10.9. The van der Waals surface area contributed by atoms with Crippen LogP contribution in [0.1, 0.15) is 11.1 Å². The van der Waals surface area contributed by atoms with Crippen LogP contribution < -0.4 is 4.87 Å². The van der Waals surface area contributed by atoms with Gasteiger partial charge in [-0.25, -0.2) is 0 Å². The summed E-state index contributed by atoms with van der Waals surface area (Å²) in [4.78, 5) is 12.1. The number of fused-ring (bicyclic) bond motifs is 1. The minimum Gasteiger partial charge on any atom is -0.294 e. The van der Waals surface area contributed by atoms with Crippen LogP contribution in [-0.2, 0) is 6.54 Å². The molecule has 90 valence electrons. The Morgan fingerprint density at radius 2 is 1.78 bits per heavy atom. The highest BCUT2D eigenvalue weighted by Gasteiger charge is 2.07. The van der Waals surface area contributed by atoms with Crippen molar-refractivity contribution in [2.75, 3.05) is 0 Å². The zero-order chi connectivity index (χ0) is 12.5. The van der Waals surface area contributed by atoms with Crippen molar-refractivity contribution in [3.63, 3.8) is 0 Å². The van der Waals surface area contributed by atoms with Crippen molar-refractivity contribution in [1.29, 1.82) is 0 Å². The summed E-state index contributed by atoms with van der Waals surface area (Å²) in [5.74, 6) is 0. The number of hydrogen-bond acceptors (Lipinski definition) is 2. The van der Waals surface area contributed by atoms with E-state index in [1.165, 1.54) is 22.5 Å². The van der Waals surface area contributed by atoms with Crippen LogP contribution >= 0.6 is 11.3 Å². The Morgan fingerprint density at radius 1 is 1.06 bits per heavy atom. The van der Waals surface area contributed by atoms with Gasteiger partial charge >= 0.3 is 4.87 Å². The van der Waals surface area contributed by atoms with Crippen LogP contribution in [0.3, 0.4) is 0 Å². The fourth-order valence-electron chi connectivity index (χ4n) is 2.12. The van der Waals surface area contributed by atoms with Gasteiger partial charge in [0.25, 0.3) is 0 Å². The normalized spacial score (nSPS) is 10.9. The van der Waals surface area contributed by atoms with Gasteiger partial charge in [0.2, 0.25) is 0 Å². The van der Waals surface area contributed by atoms with Crippen LogP contribution in [0.15, 0.2) is 53.3 Å². The standard InChI is InChI=1S/C15H13NOS/c1-11-6-2-3-7-12(11)10-16-13-8-4-5-9-14(13)18-15(16)17/h2-9H,10H2,1H3. The Kier molecular flexibility index (Phi) is 2.76. The van der Waals surface area contributed by atoms with Crippen LogP contribution in [0.25, 0.3) is 10.2 Å². The number of benzene rings is 2. The molecule has 1 aromatic heterocycles. The lowest BCUT2D eigenvalue weighted by molar-refractivity contribution is 0.810. The van der Waals surface area contributed by atoms with Crippen molar-refractivity contribution in [3.8, 4) is 0 Å². The maximum atomic E-state index is 12.0. The van der Waals surface area contributed by atoms with Gasteiger partial charge in [0.1, 0.15) is 0 Å². The largest absolute Gasteiger partial charge is 0.308 e. The van der Waals surface area contributed by atoms with Gasteiger partial charge in [0.05, 0.1) is 16.8 Å². The highest BCUT2D eigenvalue weighted by molar-refractivity contribution is 7.16. The van der Waals surface area contributed by atoms with Crippen molar-refractivity contribution in [2.45, 2.75) is 13.5 Å². The quantitative estimate of drug-likeness (QED) is 0.687. The summed E-state index contributed by atoms with van der Waals surface area (Å²) in [7, 11) is 0. The van der Waals surface area contributed by atoms with Gasteiger partial charge < -0.3 is 0 Å². The number of rotatable bonds is 2. The molecule has 0 aliphatic rings. The van der Waals surface area contributed by atoms with Gasteiger partial charge in [-0.05, 0) is 30.2 Å². The van der Waals surface area contributed by atoms with Gasteiger partial charge in [0, 0.05) is 0 Å². The molecular weight excluding hydrogens is 242 g/mol. The lowest BCUT2D eigenvalue weighted by Gasteiger charge is -2.06. The molecule has 0 saturated carbocycles. The minimum absolute atomic E-state index is 0.111. The number of thiazole rings is 1. The van der Waals surface area contributed by atoms with Crippen molar-refractivity contribution < 1.29 is 0 Å².